The first-order chi connectivity index (χ1) is 42.9. The van der Waals surface area contributed by atoms with Crippen LogP contribution >= 0.6 is 0 Å². The average Bonchev–Trinajstić information content (AvgIpc) is 3.18. The van der Waals surface area contributed by atoms with E-state index in [-0.39, 0.29) is 55.9 Å². The van der Waals surface area contributed by atoms with Gasteiger partial charge in [0.05, 0.1) is 143 Å². The minimum absolute atomic E-state index is 0.0986. The quantitative estimate of drug-likeness (QED) is 0.141. The molecule has 14 heteroatoms. The van der Waals surface area contributed by atoms with Crippen LogP contribution < -0.4 is 0 Å². The van der Waals surface area contributed by atoms with Gasteiger partial charge in [-0.2, -0.15) is 55.3 Å². The fourth-order valence-electron chi connectivity index (χ4n) is 11.8. The van der Waals surface area contributed by atoms with E-state index in [1.807, 2.05) is 48.5 Å². The standard InChI is InChI=1S/C74H34F3N11/c75-74(76,77)65-34-72(87-68-21-13-48(56-17-9-43(35-78)25-52(56)39-82)29-60(68)61-30-49(14-22-69(61)87)57-18-10-44(36-79)26-53(57)40-83)64(67-8-4-7-66(86-67)47-5-2-1-3-6-47)33-73(65)88-70-23-15-50(58-19-11-45(37-80)27-54(58)41-84)31-62(70)63-32-51(16-24-71(63)88)59-20-12-46(38-81)28-55(59)42-85/h1-34H. The summed E-state index contributed by atoms with van der Waals surface area (Å²) in [7, 11) is 0. The zero-order chi connectivity index (χ0) is 61.0. The number of rotatable bonds is 8. The molecule has 88 heavy (non-hydrogen) atoms. The van der Waals surface area contributed by atoms with Crippen LogP contribution in [0.1, 0.15) is 50.1 Å². The number of hydrogen-bond donors (Lipinski definition) is 0. The minimum Gasteiger partial charge on any atom is -0.309 e. The number of benzene rings is 10. The van der Waals surface area contributed by atoms with Crippen LogP contribution in [0.4, 0.5) is 13.2 Å². The molecule has 0 saturated heterocycles. The lowest BCUT2D eigenvalue weighted by atomic mass is 9.95. The molecule has 0 bridgehead atoms. The average molecular weight is 1130 g/mol. The number of fused-ring (bicyclic) bond motifs is 6. The van der Waals surface area contributed by atoms with Gasteiger partial charge in [-0.1, -0.05) is 84.9 Å². The summed E-state index contributed by atoms with van der Waals surface area (Å²) in [6.45, 7) is 0. The van der Waals surface area contributed by atoms with Crippen molar-refractivity contribution in [2.75, 3.05) is 0 Å². The lowest BCUT2D eigenvalue weighted by Crippen LogP contribution is -2.13. The molecule has 0 aliphatic heterocycles. The van der Waals surface area contributed by atoms with E-state index in [2.05, 4.69) is 48.6 Å². The first-order valence-corrected chi connectivity index (χ1v) is 27.1. The molecular formula is C74H34F3N11. The Morgan fingerprint density at radius 1 is 0.295 bits per heavy atom. The Hall–Kier alpha value is -13.3. The van der Waals surface area contributed by atoms with Crippen molar-refractivity contribution < 1.29 is 13.2 Å². The predicted molar refractivity (Wildman–Crippen MR) is 328 cm³/mol. The van der Waals surface area contributed by atoms with Crippen LogP contribution in [-0.4, -0.2) is 14.1 Å². The summed E-state index contributed by atoms with van der Waals surface area (Å²) in [6, 6.07) is 74.8. The van der Waals surface area contributed by atoms with E-state index in [1.165, 1.54) is 30.3 Å². The fraction of sp³-hybridized carbons (Fsp3) is 0.0135. The van der Waals surface area contributed by atoms with Gasteiger partial charge in [-0.15, -0.1) is 0 Å². The molecule has 0 radical (unpaired) electrons. The summed E-state index contributed by atoms with van der Waals surface area (Å²) < 4.78 is 53.9. The highest BCUT2D eigenvalue weighted by Crippen LogP contribution is 2.47. The highest BCUT2D eigenvalue weighted by atomic mass is 19.4. The molecule has 0 amide bonds. The van der Waals surface area contributed by atoms with E-state index in [0.29, 0.717) is 105 Å². The van der Waals surface area contributed by atoms with Crippen LogP contribution in [0.3, 0.4) is 0 Å². The maximum absolute atomic E-state index is 16.9. The molecule has 0 fully saturated rings. The first kappa shape index (κ1) is 53.9. The van der Waals surface area contributed by atoms with E-state index in [1.54, 1.807) is 130 Å². The SMILES string of the molecule is N#Cc1ccc(-c2ccc3c(c2)c2cc(-c4ccc(C#N)cc4C#N)ccc2n3-c2cc(C(F)(F)F)c(-n3c4ccc(-c5ccc(C#N)cc5C#N)cc4c4cc(-c5ccc(C#N)cc5C#N)ccc43)cc2-c2cccc(-c3ccccc3)n2)c(C#N)c1. The molecule has 0 unspecified atom stereocenters. The number of aromatic nitrogens is 3. The highest BCUT2D eigenvalue weighted by Gasteiger charge is 2.37. The molecule has 13 rings (SSSR count). The number of hydrogen-bond acceptors (Lipinski definition) is 9. The first-order valence-electron chi connectivity index (χ1n) is 27.1. The van der Waals surface area contributed by atoms with Crippen molar-refractivity contribution in [2.45, 2.75) is 6.18 Å². The number of alkyl halides is 3. The summed E-state index contributed by atoms with van der Waals surface area (Å²) in [6.07, 6.45) is -5.04. The van der Waals surface area contributed by atoms with Gasteiger partial charge in [0.2, 0.25) is 0 Å². The third-order valence-corrected chi connectivity index (χ3v) is 15.8. The molecule has 11 nitrogen and oxygen atoms in total. The van der Waals surface area contributed by atoms with Gasteiger partial charge < -0.3 is 9.13 Å². The maximum atomic E-state index is 16.9. The molecule has 3 aromatic heterocycles. The second kappa shape index (κ2) is 21.4. The smallest absolute Gasteiger partial charge is 0.309 e. The van der Waals surface area contributed by atoms with Gasteiger partial charge in [-0.05, 0) is 166 Å². The van der Waals surface area contributed by atoms with Crippen molar-refractivity contribution in [1.82, 2.24) is 14.1 Å². The van der Waals surface area contributed by atoms with Crippen molar-refractivity contribution in [2.24, 2.45) is 0 Å². The number of nitrogens with zero attached hydrogens (tertiary/aromatic N) is 11. The summed E-state index contributed by atoms with van der Waals surface area (Å²) in [5.41, 5.74) is 8.65. The largest absolute Gasteiger partial charge is 0.418 e. The Kier molecular flexibility index (Phi) is 13.1. The third-order valence-electron chi connectivity index (χ3n) is 15.8. The van der Waals surface area contributed by atoms with Crippen LogP contribution in [0.5, 0.6) is 0 Å². The molecule has 406 valence electrons. The summed E-state index contributed by atoms with van der Waals surface area (Å²) in [5.74, 6) is 0. The van der Waals surface area contributed by atoms with E-state index in [4.69, 9.17) is 4.98 Å². The van der Waals surface area contributed by atoms with E-state index in [9.17, 15) is 42.1 Å². The van der Waals surface area contributed by atoms with Crippen molar-refractivity contribution in [3.63, 3.8) is 0 Å². The van der Waals surface area contributed by atoms with Crippen molar-refractivity contribution in [3.05, 3.63) is 256 Å². The fourth-order valence-corrected chi connectivity index (χ4v) is 11.8. The van der Waals surface area contributed by atoms with Gasteiger partial charge in [0, 0.05) is 32.7 Å². The Morgan fingerprint density at radius 2 is 0.648 bits per heavy atom. The molecular weight excluding hydrogens is 1100 g/mol. The predicted octanol–water partition coefficient (Wildman–Crippen LogP) is 17.3. The van der Waals surface area contributed by atoms with Gasteiger partial charge >= 0.3 is 6.18 Å². The zero-order valence-electron chi connectivity index (χ0n) is 45.7. The molecule has 0 N–H and O–H groups in total. The number of nitriles is 8. The molecule has 0 atom stereocenters. The maximum Gasteiger partial charge on any atom is 0.418 e. The van der Waals surface area contributed by atoms with Gasteiger partial charge in [0.15, 0.2) is 0 Å². The molecule has 0 spiro atoms. The van der Waals surface area contributed by atoms with Crippen molar-refractivity contribution in [1.29, 1.82) is 42.1 Å². The van der Waals surface area contributed by atoms with Crippen LogP contribution in [0, 0.1) is 90.6 Å². The van der Waals surface area contributed by atoms with Crippen molar-refractivity contribution >= 4 is 43.6 Å². The van der Waals surface area contributed by atoms with Crippen LogP contribution in [0.25, 0.3) is 122 Å². The highest BCUT2D eigenvalue weighted by molar-refractivity contribution is 6.14. The second-order valence-corrected chi connectivity index (χ2v) is 20.7. The Bertz CT molecular complexity index is 5290. The molecule has 0 saturated carbocycles. The van der Waals surface area contributed by atoms with Gasteiger partial charge in [0.25, 0.3) is 0 Å². The summed E-state index contributed by atoms with van der Waals surface area (Å²) in [4.78, 5) is 5.20. The van der Waals surface area contributed by atoms with Crippen molar-refractivity contribution in [3.8, 4) is 127 Å². The van der Waals surface area contributed by atoms with Crippen LogP contribution in [-0.2, 0) is 6.18 Å². The molecule has 0 aliphatic carbocycles. The third kappa shape index (κ3) is 9.08. The summed E-state index contributed by atoms with van der Waals surface area (Å²) in [5, 5.41) is 82.4. The second-order valence-electron chi connectivity index (χ2n) is 20.7. The van der Waals surface area contributed by atoms with Gasteiger partial charge in [-0.25, -0.2) is 4.98 Å². The van der Waals surface area contributed by atoms with Gasteiger partial charge in [0.1, 0.15) is 0 Å². The lowest BCUT2D eigenvalue weighted by molar-refractivity contribution is -0.137. The monoisotopic (exact) mass is 1130 g/mol. The number of halogens is 3. The zero-order valence-corrected chi connectivity index (χ0v) is 45.7. The summed E-state index contributed by atoms with van der Waals surface area (Å²) >= 11 is 0. The minimum atomic E-state index is -5.04. The molecule has 10 aromatic carbocycles. The molecule has 0 aliphatic rings. The topological polar surface area (TPSA) is 213 Å². The Labute approximate surface area is 500 Å². The van der Waals surface area contributed by atoms with Gasteiger partial charge in [-0.3, -0.25) is 0 Å². The Morgan fingerprint density at radius 3 is 0.989 bits per heavy atom. The van der Waals surface area contributed by atoms with Crippen LogP contribution in [0.2, 0.25) is 0 Å². The van der Waals surface area contributed by atoms with E-state index in [0.717, 1.165) is 11.6 Å². The normalized spacial score (nSPS) is 11.0. The lowest BCUT2D eigenvalue weighted by Gasteiger charge is -2.22. The van der Waals surface area contributed by atoms with Crippen LogP contribution in [0.15, 0.2) is 206 Å². The number of pyridine rings is 1. The molecule has 3 heterocycles. The Balaban J connectivity index is 1.14. The van der Waals surface area contributed by atoms with E-state index >= 15 is 13.2 Å². The molecule has 13 aromatic rings. The van der Waals surface area contributed by atoms with E-state index < -0.39 is 11.7 Å².